The van der Waals surface area contributed by atoms with Crippen LogP contribution >= 0.6 is 0 Å². The molecule has 0 radical (unpaired) electrons. The van der Waals surface area contributed by atoms with Crippen LogP contribution in [0.15, 0.2) is 73.9 Å². The number of hydrogen-bond donors (Lipinski definition) is 0. The molecule has 3 aromatic rings. The Labute approximate surface area is 209 Å². The second kappa shape index (κ2) is 11.2. The fraction of sp³-hybridized carbons (Fsp3) is 0.333. The fourth-order valence-electron chi connectivity index (χ4n) is 4.94. The molecule has 2 heterocycles. The van der Waals surface area contributed by atoms with Crippen molar-refractivity contribution in [1.82, 2.24) is 9.97 Å². The zero-order valence-electron chi connectivity index (χ0n) is 21.2. The molecule has 1 fully saturated rings. The highest BCUT2D eigenvalue weighted by molar-refractivity contribution is 5.93. The monoisotopic (exact) mass is 468 g/mol. The lowest BCUT2D eigenvalue weighted by molar-refractivity contribution is 0.397. The number of aromatic nitrogens is 2. The van der Waals surface area contributed by atoms with Crippen molar-refractivity contribution in [2.75, 3.05) is 43.6 Å². The fourth-order valence-corrected chi connectivity index (χ4v) is 4.94. The molecule has 4 rings (SSSR count). The molecule has 5 nitrogen and oxygen atoms in total. The predicted molar refractivity (Wildman–Crippen MR) is 149 cm³/mol. The van der Waals surface area contributed by atoms with Gasteiger partial charge in [-0.1, -0.05) is 56.5 Å². The van der Waals surface area contributed by atoms with Crippen molar-refractivity contribution >= 4 is 28.0 Å². The Hall–Kier alpha value is -3.60. The first-order chi connectivity index (χ1) is 17.1. The van der Waals surface area contributed by atoms with E-state index in [-0.39, 0.29) is 0 Å². The molecule has 182 valence electrons. The average Bonchev–Trinajstić information content (AvgIpc) is 2.91. The third-order valence-corrected chi connectivity index (χ3v) is 6.81. The number of ether oxygens (including phenoxy) is 1. The molecule has 0 aliphatic carbocycles. The summed E-state index contributed by atoms with van der Waals surface area (Å²) in [5, 5.41) is 1.09. The molecule has 1 aliphatic rings. The van der Waals surface area contributed by atoms with E-state index in [9.17, 15) is 0 Å². The van der Waals surface area contributed by atoms with E-state index >= 15 is 0 Å². The van der Waals surface area contributed by atoms with Crippen LogP contribution < -0.4 is 14.5 Å². The summed E-state index contributed by atoms with van der Waals surface area (Å²) >= 11 is 0. The van der Waals surface area contributed by atoms with Crippen molar-refractivity contribution in [3.8, 4) is 5.75 Å². The van der Waals surface area contributed by atoms with Crippen molar-refractivity contribution in [3.05, 3.63) is 85.2 Å². The van der Waals surface area contributed by atoms with Crippen molar-refractivity contribution in [2.45, 2.75) is 32.1 Å². The third kappa shape index (κ3) is 5.24. The topological polar surface area (TPSA) is 41.5 Å². The molecule has 0 atom stereocenters. The van der Waals surface area contributed by atoms with E-state index in [0.29, 0.717) is 11.7 Å². The van der Waals surface area contributed by atoms with Crippen LogP contribution in [0.1, 0.15) is 43.5 Å². The highest BCUT2D eigenvalue weighted by Crippen LogP contribution is 2.37. The van der Waals surface area contributed by atoms with Crippen molar-refractivity contribution < 1.29 is 4.74 Å². The standard InChI is InChI=1S/C30H36N4O/c1-6-11-22(8-3)29-31-27-15-14-24(33(4)18-7-2)21-26(27)30(32-29)34-19-16-23(17-20-34)25-12-9-10-13-28(25)35-5/h6,8-15,21,23H,1,3,7,16-20H2,2,4-5H3/b22-11+. The molecule has 0 amide bonds. The minimum Gasteiger partial charge on any atom is -0.496 e. The Morgan fingerprint density at radius 1 is 1.14 bits per heavy atom. The molecule has 0 unspecified atom stereocenters. The quantitative estimate of drug-likeness (QED) is 0.330. The first kappa shape index (κ1) is 24.5. The summed E-state index contributed by atoms with van der Waals surface area (Å²) in [6.07, 6.45) is 8.66. The van der Waals surface area contributed by atoms with Gasteiger partial charge in [0.05, 0.1) is 12.6 Å². The number of nitrogens with zero attached hydrogens (tertiary/aromatic N) is 4. The number of rotatable bonds is 9. The van der Waals surface area contributed by atoms with Crippen LogP contribution in [-0.4, -0.2) is 43.8 Å². The van der Waals surface area contributed by atoms with Gasteiger partial charge < -0.3 is 14.5 Å². The second-order valence-electron chi connectivity index (χ2n) is 9.06. The molecule has 0 N–H and O–H groups in total. The van der Waals surface area contributed by atoms with Gasteiger partial charge in [0.15, 0.2) is 5.82 Å². The number of methoxy groups -OCH3 is 1. The van der Waals surface area contributed by atoms with Crippen LogP contribution in [0.25, 0.3) is 16.5 Å². The number of piperidine rings is 1. The normalized spacial score (nSPS) is 14.7. The highest BCUT2D eigenvalue weighted by Gasteiger charge is 2.25. The van der Waals surface area contributed by atoms with Gasteiger partial charge in [0.1, 0.15) is 11.6 Å². The van der Waals surface area contributed by atoms with E-state index in [0.717, 1.165) is 66.9 Å². The molecule has 1 aliphatic heterocycles. The summed E-state index contributed by atoms with van der Waals surface area (Å²) in [5.74, 6) is 3.14. The largest absolute Gasteiger partial charge is 0.496 e. The summed E-state index contributed by atoms with van der Waals surface area (Å²) in [6, 6.07) is 14.9. The Bertz CT molecular complexity index is 1220. The van der Waals surface area contributed by atoms with Crippen molar-refractivity contribution in [2.24, 2.45) is 0 Å². The van der Waals surface area contributed by atoms with Gasteiger partial charge in [0, 0.05) is 43.3 Å². The van der Waals surface area contributed by atoms with Gasteiger partial charge in [-0.3, -0.25) is 0 Å². The molecule has 0 spiro atoms. The SMILES string of the molecule is C=C/C=C(\C=C)c1nc(N2CCC(c3ccccc3OC)CC2)c2cc(N(C)CCC)ccc2n1. The Balaban J connectivity index is 1.72. The van der Waals surface area contributed by atoms with Gasteiger partial charge in [0.2, 0.25) is 0 Å². The second-order valence-corrected chi connectivity index (χ2v) is 9.06. The van der Waals surface area contributed by atoms with Gasteiger partial charge in [0.25, 0.3) is 0 Å². The van der Waals surface area contributed by atoms with Gasteiger partial charge in [-0.25, -0.2) is 9.97 Å². The Kier molecular flexibility index (Phi) is 7.86. The minimum atomic E-state index is 0.477. The lowest BCUT2D eigenvalue weighted by Gasteiger charge is -2.34. The molecular weight excluding hydrogens is 432 g/mol. The van der Waals surface area contributed by atoms with Crippen LogP contribution in [0.4, 0.5) is 11.5 Å². The van der Waals surface area contributed by atoms with Gasteiger partial charge in [-0.15, -0.1) is 0 Å². The average molecular weight is 469 g/mol. The molecule has 2 aromatic carbocycles. The maximum Gasteiger partial charge on any atom is 0.162 e. The summed E-state index contributed by atoms with van der Waals surface area (Å²) in [5.41, 5.74) is 4.31. The lowest BCUT2D eigenvalue weighted by atomic mass is 9.88. The summed E-state index contributed by atoms with van der Waals surface area (Å²) < 4.78 is 5.64. The van der Waals surface area contributed by atoms with Crippen LogP contribution in [-0.2, 0) is 0 Å². The Morgan fingerprint density at radius 2 is 1.91 bits per heavy atom. The van der Waals surface area contributed by atoms with Crippen molar-refractivity contribution in [1.29, 1.82) is 0 Å². The third-order valence-electron chi connectivity index (χ3n) is 6.81. The number of para-hydroxylation sites is 1. The van der Waals surface area contributed by atoms with Crippen LogP contribution in [0.5, 0.6) is 5.75 Å². The first-order valence-corrected chi connectivity index (χ1v) is 12.5. The molecule has 1 saturated heterocycles. The summed E-state index contributed by atoms with van der Waals surface area (Å²) in [6.45, 7) is 12.9. The summed E-state index contributed by atoms with van der Waals surface area (Å²) in [4.78, 5) is 14.7. The zero-order chi connectivity index (χ0) is 24.8. The zero-order valence-corrected chi connectivity index (χ0v) is 21.2. The number of allylic oxidation sites excluding steroid dienone is 4. The molecular formula is C30H36N4O. The first-order valence-electron chi connectivity index (χ1n) is 12.5. The molecule has 5 heteroatoms. The van der Waals surface area contributed by atoms with E-state index in [1.165, 1.54) is 11.3 Å². The molecule has 0 bridgehead atoms. The van der Waals surface area contributed by atoms with Gasteiger partial charge >= 0.3 is 0 Å². The minimum absolute atomic E-state index is 0.477. The van der Waals surface area contributed by atoms with E-state index in [1.54, 1.807) is 19.3 Å². The van der Waals surface area contributed by atoms with E-state index in [2.05, 4.69) is 73.3 Å². The number of anilines is 2. The number of benzene rings is 2. The van der Waals surface area contributed by atoms with E-state index in [1.807, 2.05) is 12.1 Å². The van der Waals surface area contributed by atoms with Crippen LogP contribution in [0.2, 0.25) is 0 Å². The molecule has 0 saturated carbocycles. The molecule has 1 aromatic heterocycles. The smallest absolute Gasteiger partial charge is 0.162 e. The maximum absolute atomic E-state index is 5.64. The highest BCUT2D eigenvalue weighted by atomic mass is 16.5. The van der Waals surface area contributed by atoms with Crippen LogP contribution in [0, 0.1) is 0 Å². The Morgan fingerprint density at radius 3 is 2.60 bits per heavy atom. The predicted octanol–water partition coefficient (Wildman–Crippen LogP) is 6.62. The number of fused-ring (bicyclic) bond motifs is 1. The number of hydrogen-bond acceptors (Lipinski definition) is 5. The maximum atomic E-state index is 5.64. The van der Waals surface area contributed by atoms with Gasteiger partial charge in [-0.2, -0.15) is 0 Å². The van der Waals surface area contributed by atoms with E-state index in [4.69, 9.17) is 14.7 Å². The van der Waals surface area contributed by atoms with Gasteiger partial charge in [-0.05, 0) is 55.0 Å². The van der Waals surface area contributed by atoms with E-state index < -0.39 is 0 Å². The lowest BCUT2D eigenvalue weighted by Crippen LogP contribution is -2.34. The van der Waals surface area contributed by atoms with Crippen molar-refractivity contribution in [3.63, 3.8) is 0 Å². The van der Waals surface area contributed by atoms with Crippen LogP contribution in [0.3, 0.4) is 0 Å². The summed E-state index contributed by atoms with van der Waals surface area (Å²) in [7, 11) is 3.89. The molecule has 35 heavy (non-hydrogen) atoms.